The van der Waals surface area contributed by atoms with E-state index in [1.807, 2.05) is 54.6 Å². The Morgan fingerprint density at radius 2 is 1.57 bits per heavy atom. The van der Waals surface area contributed by atoms with Gasteiger partial charge in [0, 0.05) is 56.9 Å². The minimum absolute atomic E-state index is 0.345. The minimum Gasteiger partial charge on any atom is -0.457 e. The molecule has 7 rings (SSSR count). The molecule has 3 fully saturated rings. The van der Waals surface area contributed by atoms with E-state index in [9.17, 15) is 0 Å². The molecule has 0 aliphatic carbocycles. The first-order valence-electron chi connectivity index (χ1n) is 14.3. The van der Waals surface area contributed by atoms with E-state index in [4.69, 9.17) is 15.6 Å². The third-order valence-electron chi connectivity index (χ3n) is 8.77. The van der Waals surface area contributed by atoms with E-state index < -0.39 is 12.2 Å². The Hall–Kier alpha value is -3.60. The van der Waals surface area contributed by atoms with E-state index in [1.165, 1.54) is 6.33 Å². The fraction of sp³-hybridized carbons (Fsp3) is 0.433. The van der Waals surface area contributed by atoms with Crippen LogP contribution in [0.4, 0.5) is 10.2 Å². The van der Waals surface area contributed by atoms with Gasteiger partial charge >= 0.3 is 0 Å². The highest BCUT2D eigenvalue weighted by Crippen LogP contribution is 2.36. The largest absolute Gasteiger partial charge is 0.457 e. The molecule has 3 aliphatic heterocycles. The summed E-state index contributed by atoms with van der Waals surface area (Å²) in [6, 6.07) is 18.1. The van der Waals surface area contributed by atoms with Gasteiger partial charge in [-0.3, -0.25) is 9.80 Å². The number of piperidine rings is 2. The number of likely N-dealkylation sites (tertiary alicyclic amines) is 2. The molecule has 2 aromatic heterocycles. The van der Waals surface area contributed by atoms with Crippen molar-refractivity contribution in [2.45, 2.75) is 43.6 Å². The first-order valence-corrected chi connectivity index (χ1v) is 14.3. The standard InChI is InChI=1S/C30H35FN8O/c31-25-18-38(21-10-13-37(14-11-21)22-16-33-17-22)15-12-26(25)39-30-27(29(32)34-19-35-30)28(36-39)20-6-8-24(9-7-20)40-23-4-2-1-3-5-23/h1-9,19,21-22,25-26,33H,10-18H2,(H2,32,34,35)/t25-,26?/m0/s1. The first kappa shape index (κ1) is 25.4. The van der Waals surface area contributed by atoms with Crippen LogP contribution in [-0.4, -0.2) is 87.1 Å². The van der Waals surface area contributed by atoms with E-state index in [2.05, 4.69) is 25.1 Å². The molecule has 40 heavy (non-hydrogen) atoms. The molecule has 10 heteroatoms. The fourth-order valence-corrected chi connectivity index (χ4v) is 6.41. The monoisotopic (exact) mass is 542 g/mol. The van der Waals surface area contributed by atoms with Crippen molar-refractivity contribution < 1.29 is 9.13 Å². The molecule has 2 aromatic carbocycles. The van der Waals surface area contributed by atoms with Crippen molar-refractivity contribution in [2.75, 3.05) is 45.0 Å². The Bertz CT molecular complexity index is 1450. The van der Waals surface area contributed by atoms with Gasteiger partial charge in [-0.15, -0.1) is 0 Å². The normalized spacial score (nSPS) is 23.3. The van der Waals surface area contributed by atoms with Crippen LogP contribution in [0, 0.1) is 0 Å². The summed E-state index contributed by atoms with van der Waals surface area (Å²) in [6.07, 6.45) is 3.28. The Kier molecular flexibility index (Phi) is 6.82. The highest BCUT2D eigenvalue weighted by molar-refractivity contribution is 5.98. The van der Waals surface area contributed by atoms with Crippen LogP contribution in [0.15, 0.2) is 60.9 Å². The van der Waals surface area contributed by atoms with Crippen molar-refractivity contribution in [1.82, 2.24) is 34.9 Å². The van der Waals surface area contributed by atoms with Gasteiger partial charge in [-0.25, -0.2) is 19.0 Å². The van der Waals surface area contributed by atoms with E-state index in [-0.39, 0.29) is 0 Å². The van der Waals surface area contributed by atoms with Crippen molar-refractivity contribution >= 4 is 16.9 Å². The summed E-state index contributed by atoms with van der Waals surface area (Å²) in [5.74, 6) is 1.83. The molecule has 3 saturated heterocycles. The van der Waals surface area contributed by atoms with Crippen molar-refractivity contribution in [3.63, 3.8) is 0 Å². The molecule has 0 bridgehead atoms. The fourth-order valence-electron chi connectivity index (χ4n) is 6.41. The number of nitrogens with one attached hydrogen (secondary N) is 1. The molecular weight excluding hydrogens is 507 g/mol. The molecule has 3 aliphatic rings. The minimum atomic E-state index is -1.05. The summed E-state index contributed by atoms with van der Waals surface area (Å²) in [7, 11) is 0. The number of hydrogen-bond donors (Lipinski definition) is 2. The number of nitrogens with zero attached hydrogens (tertiary/aromatic N) is 6. The van der Waals surface area contributed by atoms with Crippen LogP contribution in [0.1, 0.15) is 25.3 Å². The molecule has 3 N–H and O–H groups in total. The molecule has 208 valence electrons. The van der Waals surface area contributed by atoms with Gasteiger partial charge in [-0.1, -0.05) is 18.2 Å². The zero-order valence-corrected chi connectivity index (χ0v) is 22.5. The molecular formula is C30H35FN8O. The zero-order valence-electron chi connectivity index (χ0n) is 22.5. The number of benzene rings is 2. The number of rotatable bonds is 6. The van der Waals surface area contributed by atoms with Crippen LogP contribution in [0.25, 0.3) is 22.3 Å². The maximum atomic E-state index is 15.9. The maximum absolute atomic E-state index is 15.9. The lowest BCUT2D eigenvalue weighted by atomic mass is 9.95. The summed E-state index contributed by atoms with van der Waals surface area (Å²) < 4.78 is 23.6. The highest BCUT2D eigenvalue weighted by Gasteiger charge is 2.38. The Morgan fingerprint density at radius 3 is 2.27 bits per heavy atom. The van der Waals surface area contributed by atoms with Crippen LogP contribution in [0.3, 0.4) is 0 Å². The van der Waals surface area contributed by atoms with E-state index in [0.717, 1.165) is 56.9 Å². The van der Waals surface area contributed by atoms with Gasteiger partial charge < -0.3 is 15.8 Å². The molecule has 2 atom stereocenters. The number of nitrogens with two attached hydrogens (primary N) is 1. The van der Waals surface area contributed by atoms with E-state index >= 15 is 4.39 Å². The van der Waals surface area contributed by atoms with E-state index in [0.29, 0.717) is 53.3 Å². The summed E-state index contributed by atoms with van der Waals surface area (Å²) in [5, 5.41) is 8.94. The predicted octanol–water partition coefficient (Wildman–Crippen LogP) is 3.89. The number of aromatic nitrogens is 4. The van der Waals surface area contributed by atoms with Crippen molar-refractivity contribution in [3.8, 4) is 22.8 Å². The Labute approximate surface area is 233 Å². The molecule has 1 unspecified atom stereocenters. The first-order chi connectivity index (χ1) is 19.6. The average Bonchev–Trinajstić information content (AvgIpc) is 3.34. The lowest BCUT2D eigenvalue weighted by molar-refractivity contribution is 0.0192. The molecule has 0 saturated carbocycles. The number of hydrogen-bond acceptors (Lipinski definition) is 8. The number of nitrogen functional groups attached to an aromatic ring is 1. The summed E-state index contributed by atoms with van der Waals surface area (Å²) in [6.45, 7) is 5.68. The average molecular weight is 543 g/mol. The van der Waals surface area contributed by atoms with Crippen molar-refractivity contribution in [2.24, 2.45) is 0 Å². The van der Waals surface area contributed by atoms with E-state index in [1.54, 1.807) is 4.68 Å². The Morgan fingerprint density at radius 1 is 0.850 bits per heavy atom. The SMILES string of the molecule is Nc1ncnc2c1c(-c1ccc(Oc3ccccc3)cc1)nn2C1CCN(C2CCN(C3CNC3)CC2)C[C@@H]1F. The number of alkyl halides is 1. The lowest BCUT2D eigenvalue weighted by Gasteiger charge is -2.46. The van der Waals surface area contributed by atoms with Crippen LogP contribution in [0.5, 0.6) is 11.5 Å². The van der Waals surface area contributed by atoms with Gasteiger partial charge in [-0.2, -0.15) is 5.10 Å². The molecule has 0 spiro atoms. The second-order valence-corrected chi connectivity index (χ2v) is 11.1. The van der Waals surface area contributed by atoms with Crippen molar-refractivity contribution in [1.29, 1.82) is 0 Å². The highest BCUT2D eigenvalue weighted by atomic mass is 19.1. The second-order valence-electron chi connectivity index (χ2n) is 11.1. The second kappa shape index (κ2) is 10.8. The number of anilines is 1. The van der Waals surface area contributed by atoms with Crippen LogP contribution < -0.4 is 15.8 Å². The van der Waals surface area contributed by atoms with Gasteiger partial charge in [0.1, 0.15) is 35.5 Å². The van der Waals surface area contributed by atoms with Gasteiger partial charge in [-0.05, 0) is 55.7 Å². The molecule has 0 radical (unpaired) electrons. The van der Waals surface area contributed by atoms with Gasteiger partial charge in [0.15, 0.2) is 5.65 Å². The third kappa shape index (κ3) is 4.80. The molecule has 4 aromatic rings. The number of halogens is 1. The summed E-state index contributed by atoms with van der Waals surface area (Å²) in [4.78, 5) is 13.7. The van der Waals surface area contributed by atoms with Gasteiger partial charge in [0.05, 0.1) is 11.4 Å². The molecule has 0 amide bonds. The van der Waals surface area contributed by atoms with Gasteiger partial charge in [0.2, 0.25) is 0 Å². The smallest absolute Gasteiger partial charge is 0.164 e. The molecule has 9 nitrogen and oxygen atoms in total. The van der Waals surface area contributed by atoms with Crippen LogP contribution in [-0.2, 0) is 0 Å². The van der Waals surface area contributed by atoms with Gasteiger partial charge in [0.25, 0.3) is 0 Å². The maximum Gasteiger partial charge on any atom is 0.164 e. The lowest BCUT2D eigenvalue weighted by Crippen LogP contribution is -2.60. The topological polar surface area (TPSA) is 97.4 Å². The predicted molar refractivity (Wildman–Crippen MR) is 153 cm³/mol. The number of para-hydroxylation sites is 1. The molecule has 5 heterocycles. The number of ether oxygens (including phenoxy) is 1. The zero-order chi connectivity index (χ0) is 27.1. The summed E-state index contributed by atoms with van der Waals surface area (Å²) >= 11 is 0. The van der Waals surface area contributed by atoms with Crippen LogP contribution in [0.2, 0.25) is 0 Å². The van der Waals surface area contributed by atoms with Crippen molar-refractivity contribution in [3.05, 3.63) is 60.9 Å². The number of fused-ring (bicyclic) bond motifs is 1. The third-order valence-corrected chi connectivity index (χ3v) is 8.77. The van der Waals surface area contributed by atoms with Crippen LogP contribution >= 0.6 is 0 Å². The quantitative estimate of drug-likeness (QED) is 0.379. The Balaban J connectivity index is 1.09. The summed E-state index contributed by atoms with van der Waals surface area (Å²) in [5.41, 5.74) is 8.42.